The second-order valence-electron chi connectivity index (χ2n) is 0.172. The van der Waals surface area contributed by atoms with E-state index in [1.165, 1.54) is 0 Å². The van der Waals surface area contributed by atoms with Crippen molar-refractivity contribution >= 4 is 26.4 Å². The Hall–Kier alpha value is 0.525. The maximum atomic E-state index is 10.9. The molecule has 0 aromatic carbocycles. The van der Waals surface area contributed by atoms with Crippen molar-refractivity contribution in [3.63, 3.8) is 0 Å². The fourth-order valence-corrected chi connectivity index (χ4v) is 0. The van der Waals surface area contributed by atoms with Gasteiger partial charge in [0.2, 0.25) is 0 Å². The van der Waals surface area contributed by atoms with Gasteiger partial charge in [-0.3, -0.25) is 0 Å². The van der Waals surface area contributed by atoms with Gasteiger partial charge in [-0.2, -0.15) is 0 Å². The molecule has 0 N–H and O–H groups in total. The number of rotatable bonds is 1. The third-order valence-electron chi connectivity index (χ3n) is 0.0337. The summed E-state index contributed by atoms with van der Waals surface area (Å²) < 4.78 is 25.8. The first-order valence-corrected chi connectivity index (χ1v) is 2.66. The monoisotopic (exact) mass is 175 g/mol. The Morgan fingerprint density at radius 2 is 2.75 bits per heavy atom. The topological polar surface area (TPSA) is 17.1 Å². The Balaban J connectivity index is 2.83. The number of halogens is 2. The van der Waals surface area contributed by atoms with Crippen LogP contribution in [0.5, 0.6) is 0 Å². The standard InChI is InChI=1S/BFHIO/c2-3-1-4/h3H/i3D. The number of hydrogen-bond donors (Lipinski definition) is 0. The summed E-state index contributed by atoms with van der Waals surface area (Å²) >= 11 is -3.21. The van der Waals surface area contributed by atoms with Crippen LogP contribution >= 0.6 is 21.4 Å². The van der Waals surface area contributed by atoms with E-state index in [0.717, 1.165) is 0 Å². The van der Waals surface area contributed by atoms with E-state index in [0.29, 0.717) is 0 Å². The van der Waals surface area contributed by atoms with E-state index in [4.69, 9.17) is 5.30 Å². The third kappa shape index (κ3) is 2.52. The summed E-state index contributed by atoms with van der Waals surface area (Å²) in [7, 11) is 0. The zero-order valence-electron chi connectivity index (χ0n) is 2.74. The molecule has 4 heteroatoms. The van der Waals surface area contributed by atoms with Crippen molar-refractivity contribution in [2.24, 2.45) is 0 Å². The van der Waals surface area contributed by atoms with Crippen LogP contribution in [0.15, 0.2) is 0 Å². The molecule has 0 aliphatic rings. The van der Waals surface area contributed by atoms with E-state index in [9.17, 15) is 2.86 Å². The molecule has 0 saturated heterocycles. The van der Waals surface area contributed by atoms with E-state index in [1.54, 1.807) is 0 Å². The molecule has 4 heavy (non-hydrogen) atoms. The molecule has 0 saturated carbocycles. The molecular formula is HBFIO. The molecule has 0 bridgehead atoms. The van der Waals surface area contributed by atoms with Crippen LogP contribution in [0.2, 0.25) is 0 Å². The van der Waals surface area contributed by atoms with Gasteiger partial charge in [0.1, 0.15) is 0 Å². The average Bonchev–Trinajstić information content (AvgIpc) is 1.38. The van der Waals surface area contributed by atoms with Gasteiger partial charge in [0.15, 0.2) is 0 Å². The van der Waals surface area contributed by atoms with E-state index in [-0.39, 0.29) is 5.01 Å². The molecule has 0 rings (SSSR count). The van der Waals surface area contributed by atoms with Gasteiger partial charge in [-0.25, -0.2) is 0 Å². The minimum atomic E-state index is -3.21. The molecule has 0 aliphatic heterocycles. The molecule has 1 nitrogen and oxygen atoms in total. The van der Waals surface area contributed by atoms with Crippen LogP contribution < -0.4 is 0 Å². The molecule has 0 atom stereocenters. The first-order chi connectivity index (χ1) is 2.27. The minimum absolute atomic E-state index is 0.0733. The molecule has 0 aromatic heterocycles. The van der Waals surface area contributed by atoms with Gasteiger partial charge in [0.05, 0.1) is 0 Å². The summed E-state index contributed by atoms with van der Waals surface area (Å²) in [6.45, 7) is 0. The first kappa shape index (κ1) is 2.75. The van der Waals surface area contributed by atoms with Crippen molar-refractivity contribution in [1.29, 1.82) is 0.594 Å². The summed E-state index contributed by atoms with van der Waals surface area (Å²) in [6, 6.07) is 0. The number of hydrogen-bond acceptors (Lipinski definition) is 1. The molecule has 0 fully saturated rings. The molecule has 0 amide bonds. The zero-order chi connectivity index (χ0) is 4.28. The van der Waals surface area contributed by atoms with Crippen LogP contribution in [0.1, 0.15) is 0 Å². The van der Waals surface area contributed by atoms with E-state index < -0.39 is 21.4 Å². The molecule has 0 heterocycles. The Labute approximate surface area is 35.1 Å². The second-order valence-corrected chi connectivity index (χ2v) is 1.15. The molecule has 0 radical (unpaired) electrons. The van der Waals surface area contributed by atoms with Crippen LogP contribution in [0.25, 0.3) is 0 Å². The maximum absolute atomic E-state index is 10.9. The normalized spacial score (nSPS) is 12.2. The van der Waals surface area contributed by atoms with Crippen LogP contribution in [-0.4, -0.2) is 5.60 Å². The van der Waals surface area contributed by atoms with Crippen LogP contribution in [-0.2, 0) is 4.70 Å². The Morgan fingerprint density at radius 1 is 2.50 bits per heavy atom. The molecule has 24 valence electrons. The van der Waals surface area contributed by atoms with Crippen molar-refractivity contribution in [2.45, 2.75) is 0 Å². The molecule has 0 aliphatic carbocycles. The molecular weight excluding hydrogens is 173 g/mol. The van der Waals surface area contributed by atoms with Crippen molar-refractivity contribution in [2.75, 3.05) is 0 Å². The predicted octanol–water partition coefficient (Wildman–Crippen LogP) is 0.539. The van der Waals surface area contributed by atoms with Gasteiger partial charge >= 0.3 is 34.5 Å². The van der Waals surface area contributed by atoms with Crippen LogP contribution in [0, 0.1) is 0 Å². The van der Waals surface area contributed by atoms with E-state index in [2.05, 4.69) is 0 Å². The first-order valence-electron chi connectivity index (χ1n) is 0.975. The Kier molecular flexibility index (Phi) is 2.42. The van der Waals surface area contributed by atoms with Crippen LogP contribution in [0.3, 0.4) is 0 Å². The van der Waals surface area contributed by atoms with Crippen molar-refractivity contribution in [1.82, 2.24) is 0 Å². The fourth-order valence-electron chi connectivity index (χ4n) is 0. The van der Waals surface area contributed by atoms with E-state index in [1.807, 2.05) is 0 Å². The van der Waals surface area contributed by atoms with Crippen molar-refractivity contribution in [3.8, 4) is 0 Å². The van der Waals surface area contributed by atoms with Gasteiger partial charge in [-0.15, -0.1) is 0 Å². The van der Waals surface area contributed by atoms with Gasteiger partial charge in [-0.1, -0.05) is 0 Å². The SMILES string of the molecule is [2H]I(F)B=O. The zero-order valence-corrected chi connectivity index (χ0v) is 3.90. The van der Waals surface area contributed by atoms with Gasteiger partial charge < -0.3 is 0 Å². The quantitative estimate of drug-likeness (QED) is 0.419. The molecule has 0 aromatic rings. The molecule has 0 spiro atoms. The predicted molar refractivity (Wildman–Crippen MR) is 23.0 cm³/mol. The third-order valence-corrected chi connectivity index (χ3v) is 0.226. The van der Waals surface area contributed by atoms with Gasteiger partial charge in [0, 0.05) is 0 Å². The summed E-state index contributed by atoms with van der Waals surface area (Å²) in [5.41, 5.74) is 0. The van der Waals surface area contributed by atoms with Crippen molar-refractivity contribution < 1.29 is 7.56 Å². The Bertz CT molecular complexity index is 38.6. The summed E-state index contributed by atoms with van der Waals surface area (Å²) in [6.07, 6.45) is 0. The fraction of sp³-hybridized carbons (Fsp3) is 0. The molecule has 0 unspecified atom stereocenters. The van der Waals surface area contributed by atoms with Gasteiger partial charge in [-0.05, 0) is 0 Å². The summed E-state index contributed by atoms with van der Waals surface area (Å²) in [5.74, 6) is 0. The van der Waals surface area contributed by atoms with Crippen molar-refractivity contribution in [3.05, 3.63) is 0 Å². The second kappa shape index (κ2) is 3.52. The summed E-state index contributed by atoms with van der Waals surface area (Å²) in [4.78, 5) is 0. The van der Waals surface area contributed by atoms with E-state index >= 15 is 0 Å². The van der Waals surface area contributed by atoms with Gasteiger partial charge in [0.25, 0.3) is 0 Å². The van der Waals surface area contributed by atoms with Crippen LogP contribution in [0.4, 0.5) is 2.86 Å². The Morgan fingerprint density at radius 3 is 2.75 bits per heavy atom. The summed E-state index contributed by atoms with van der Waals surface area (Å²) in [5, 5.41) is 0.0733. The average molecular weight is 175 g/mol.